The van der Waals surface area contributed by atoms with Crippen LogP contribution in [-0.4, -0.2) is 59.5 Å². The zero-order chi connectivity index (χ0) is 20.8. The Morgan fingerprint density at radius 2 is 2.00 bits per heavy atom. The van der Waals surface area contributed by atoms with Crippen LogP contribution >= 0.6 is 0 Å². The molecule has 1 saturated heterocycles. The van der Waals surface area contributed by atoms with Crippen LogP contribution < -0.4 is 10.6 Å². The van der Waals surface area contributed by atoms with Gasteiger partial charge in [-0.1, -0.05) is 11.2 Å². The molecule has 0 aliphatic carbocycles. The second-order valence-corrected chi connectivity index (χ2v) is 7.18. The van der Waals surface area contributed by atoms with E-state index in [1.54, 1.807) is 24.5 Å². The number of ether oxygens (including phenoxy) is 1. The van der Waals surface area contributed by atoms with E-state index < -0.39 is 0 Å². The van der Waals surface area contributed by atoms with E-state index in [2.05, 4.69) is 30.7 Å². The van der Waals surface area contributed by atoms with Gasteiger partial charge < -0.3 is 19.8 Å². The summed E-state index contributed by atoms with van der Waals surface area (Å²) < 4.78 is 25.3. The Morgan fingerprint density at radius 3 is 2.83 bits per heavy atom. The second kappa shape index (κ2) is 9.64. The third-order valence-corrected chi connectivity index (χ3v) is 4.90. The van der Waals surface area contributed by atoms with Crippen LogP contribution in [0.25, 0.3) is 11.5 Å². The van der Waals surface area contributed by atoms with Crippen molar-refractivity contribution in [3.8, 4) is 11.5 Å². The van der Waals surface area contributed by atoms with Crippen molar-refractivity contribution in [2.24, 2.45) is 0 Å². The number of hydrogen-bond acceptors (Lipinski definition) is 8. The number of halogens is 1. The summed E-state index contributed by atoms with van der Waals surface area (Å²) in [5.41, 5.74) is 2.45. The van der Waals surface area contributed by atoms with E-state index in [1.165, 1.54) is 6.07 Å². The average molecular weight is 412 g/mol. The molecule has 4 rings (SSSR count). The van der Waals surface area contributed by atoms with Crippen molar-refractivity contribution < 1.29 is 13.5 Å². The lowest BCUT2D eigenvalue weighted by Crippen LogP contribution is -2.37. The van der Waals surface area contributed by atoms with Gasteiger partial charge in [0.2, 0.25) is 0 Å². The fraction of sp³-hybridized carbons (Fsp3) is 0.381. The largest absolute Gasteiger partial charge is 0.403 e. The Labute approximate surface area is 174 Å². The second-order valence-electron chi connectivity index (χ2n) is 7.18. The standard InChI is InChI=1S/C21H25FN6O2/c1-15-3-4-18(17(22)13-15)25-19-14-23-7-5-16(19)20-26-27-21(30-20)24-6-2-8-28-9-11-29-12-10-28/h3-5,7,13-14,25H,2,6,8-12H2,1H3,(H,24,27). The monoisotopic (exact) mass is 412 g/mol. The van der Waals surface area contributed by atoms with Gasteiger partial charge in [-0.3, -0.25) is 9.88 Å². The molecule has 0 saturated carbocycles. The van der Waals surface area contributed by atoms with E-state index in [0.717, 1.165) is 51.4 Å². The van der Waals surface area contributed by atoms with Crippen molar-refractivity contribution in [1.29, 1.82) is 0 Å². The number of benzene rings is 1. The van der Waals surface area contributed by atoms with Crippen LogP contribution in [-0.2, 0) is 4.74 Å². The van der Waals surface area contributed by atoms with E-state index >= 15 is 0 Å². The molecule has 0 atom stereocenters. The topological polar surface area (TPSA) is 88.3 Å². The molecule has 1 aromatic carbocycles. The van der Waals surface area contributed by atoms with Gasteiger partial charge in [-0.2, -0.15) is 0 Å². The van der Waals surface area contributed by atoms with Crippen molar-refractivity contribution in [2.75, 3.05) is 50.0 Å². The molecule has 0 amide bonds. The molecule has 3 aromatic rings. The molecule has 30 heavy (non-hydrogen) atoms. The molecule has 1 fully saturated rings. The lowest BCUT2D eigenvalue weighted by molar-refractivity contribution is 0.0378. The quantitative estimate of drug-likeness (QED) is 0.544. The predicted molar refractivity (Wildman–Crippen MR) is 112 cm³/mol. The molecular weight excluding hydrogens is 387 g/mol. The number of rotatable bonds is 8. The zero-order valence-corrected chi connectivity index (χ0v) is 16.9. The number of nitrogens with one attached hydrogen (secondary N) is 2. The van der Waals surface area contributed by atoms with Crippen LogP contribution in [0.15, 0.2) is 41.1 Å². The molecule has 2 N–H and O–H groups in total. The third-order valence-electron chi connectivity index (χ3n) is 4.90. The number of aryl methyl sites for hydroxylation is 1. The molecule has 158 valence electrons. The Balaban J connectivity index is 1.38. The highest BCUT2D eigenvalue weighted by Gasteiger charge is 2.15. The Bertz CT molecular complexity index is 974. The highest BCUT2D eigenvalue weighted by molar-refractivity contribution is 5.76. The minimum Gasteiger partial charge on any atom is -0.403 e. The van der Waals surface area contributed by atoms with Gasteiger partial charge >= 0.3 is 6.01 Å². The number of morpholine rings is 1. The van der Waals surface area contributed by atoms with Crippen molar-refractivity contribution in [3.05, 3.63) is 48.0 Å². The number of pyridine rings is 1. The molecule has 8 nitrogen and oxygen atoms in total. The molecule has 1 aliphatic rings. The van der Waals surface area contributed by atoms with E-state index in [-0.39, 0.29) is 5.82 Å². The van der Waals surface area contributed by atoms with Crippen LogP contribution in [0, 0.1) is 12.7 Å². The maximum Gasteiger partial charge on any atom is 0.315 e. The van der Waals surface area contributed by atoms with Crippen LogP contribution in [0.3, 0.4) is 0 Å². The van der Waals surface area contributed by atoms with Gasteiger partial charge in [-0.05, 0) is 43.7 Å². The van der Waals surface area contributed by atoms with E-state index in [0.29, 0.717) is 28.8 Å². The van der Waals surface area contributed by atoms with Crippen molar-refractivity contribution in [2.45, 2.75) is 13.3 Å². The number of anilines is 3. The highest BCUT2D eigenvalue weighted by Crippen LogP contribution is 2.30. The first-order valence-corrected chi connectivity index (χ1v) is 10.0. The van der Waals surface area contributed by atoms with E-state index in [9.17, 15) is 4.39 Å². The number of aromatic nitrogens is 3. The molecule has 1 aliphatic heterocycles. The van der Waals surface area contributed by atoms with Gasteiger partial charge in [0.25, 0.3) is 5.89 Å². The average Bonchev–Trinajstić information content (AvgIpc) is 3.23. The Kier molecular flexibility index (Phi) is 6.50. The summed E-state index contributed by atoms with van der Waals surface area (Å²) in [6.45, 7) is 7.13. The molecule has 0 bridgehead atoms. The molecule has 0 spiro atoms. The summed E-state index contributed by atoms with van der Waals surface area (Å²) in [6.07, 6.45) is 4.20. The smallest absolute Gasteiger partial charge is 0.315 e. The lowest BCUT2D eigenvalue weighted by atomic mass is 10.2. The maximum atomic E-state index is 14.2. The minimum absolute atomic E-state index is 0.335. The minimum atomic E-state index is -0.335. The van der Waals surface area contributed by atoms with Crippen LogP contribution in [0.5, 0.6) is 0 Å². The molecule has 3 heterocycles. The van der Waals surface area contributed by atoms with Gasteiger partial charge in [0.1, 0.15) is 5.82 Å². The van der Waals surface area contributed by atoms with E-state index in [4.69, 9.17) is 9.15 Å². The Hall–Kier alpha value is -3.04. The van der Waals surface area contributed by atoms with Crippen LogP contribution in [0.4, 0.5) is 21.8 Å². The summed E-state index contributed by atoms with van der Waals surface area (Å²) in [7, 11) is 0. The molecule has 0 radical (unpaired) electrons. The summed E-state index contributed by atoms with van der Waals surface area (Å²) in [4.78, 5) is 6.50. The van der Waals surface area contributed by atoms with Crippen molar-refractivity contribution in [3.63, 3.8) is 0 Å². The molecular formula is C21H25FN6O2. The number of nitrogens with zero attached hydrogens (tertiary/aromatic N) is 4. The molecule has 2 aromatic heterocycles. The molecule has 0 unspecified atom stereocenters. The maximum absolute atomic E-state index is 14.2. The predicted octanol–water partition coefficient (Wildman–Crippen LogP) is 3.46. The number of hydrogen-bond donors (Lipinski definition) is 2. The van der Waals surface area contributed by atoms with Gasteiger partial charge in [0, 0.05) is 25.8 Å². The first kappa shape index (κ1) is 20.2. The molecule has 9 heteroatoms. The Morgan fingerprint density at radius 1 is 1.13 bits per heavy atom. The van der Waals surface area contributed by atoms with E-state index in [1.807, 2.05) is 13.0 Å². The van der Waals surface area contributed by atoms with Crippen molar-refractivity contribution >= 4 is 17.4 Å². The first-order valence-electron chi connectivity index (χ1n) is 10.0. The fourth-order valence-corrected chi connectivity index (χ4v) is 3.27. The van der Waals surface area contributed by atoms with Crippen molar-refractivity contribution in [1.82, 2.24) is 20.1 Å². The normalized spacial score (nSPS) is 14.6. The SMILES string of the molecule is Cc1ccc(Nc2cnccc2-c2nnc(NCCCN3CCOCC3)o2)c(F)c1. The highest BCUT2D eigenvalue weighted by atomic mass is 19.1. The zero-order valence-electron chi connectivity index (χ0n) is 16.9. The fourth-order valence-electron chi connectivity index (χ4n) is 3.27. The third kappa shape index (κ3) is 5.11. The summed E-state index contributed by atoms with van der Waals surface area (Å²) >= 11 is 0. The van der Waals surface area contributed by atoms with Gasteiger partial charge in [0.05, 0.1) is 36.3 Å². The van der Waals surface area contributed by atoms with Gasteiger partial charge in [-0.15, -0.1) is 5.10 Å². The lowest BCUT2D eigenvalue weighted by Gasteiger charge is -2.26. The van der Waals surface area contributed by atoms with Crippen LogP contribution in [0.1, 0.15) is 12.0 Å². The van der Waals surface area contributed by atoms with Crippen LogP contribution in [0.2, 0.25) is 0 Å². The summed E-state index contributed by atoms with van der Waals surface area (Å²) in [5, 5.41) is 14.4. The van der Waals surface area contributed by atoms with Gasteiger partial charge in [0.15, 0.2) is 0 Å². The van der Waals surface area contributed by atoms with Gasteiger partial charge in [-0.25, -0.2) is 4.39 Å². The first-order chi connectivity index (χ1) is 14.7. The summed E-state index contributed by atoms with van der Waals surface area (Å²) in [5.74, 6) is 0.000977. The summed E-state index contributed by atoms with van der Waals surface area (Å²) in [6, 6.07) is 7.12.